The summed E-state index contributed by atoms with van der Waals surface area (Å²) >= 11 is 0. The molecule has 3 nitrogen and oxygen atoms in total. The highest BCUT2D eigenvalue weighted by molar-refractivity contribution is 5.34. The summed E-state index contributed by atoms with van der Waals surface area (Å²) in [6.07, 6.45) is 1.78. The van der Waals surface area contributed by atoms with Crippen molar-refractivity contribution >= 4 is 5.82 Å². The van der Waals surface area contributed by atoms with Gasteiger partial charge in [-0.05, 0) is 12.1 Å². The second-order valence-electron chi connectivity index (χ2n) is 2.59. The van der Waals surface area contributed by atoms with Crippen LogP contribution in [0.15, 0.2) is 24.4 Å². The zero-order valence-electron chi connectivity index (χ0n) is 6.16. The fourth-order valence-electron chi connectivity index (χ4n) is 0.976. The minimum atomic E-state index is 0.463. The first-order valence-electron chi connectivity index (χ1n) is 3.70. The summed E-state index contributed by atoms with van der Waals surface area (Å²) in [6, 6.07) is 6.29. The van der Waals surface area contributed by atoms with Crippen LogP contribution in [0.25, 0.3) is 0 Å². The predicted octanol–water partition coefficient (Wildman–Crippen LogP) is 0.892. The Kier molecular flexibility index (Phi) is 1.73. The number of ether oxygens (including phenoxy) is 1. The van der Waals surface area contributed by atoms with Crippen molar-refractivity contribution in [2.45, 2.75) is 6.04 Å². The van der Waals surface area contributed by atoms with Crippen molar-refractivity contribution in [1.82, 2.24) is 4.98 Å². The molecule has 1 aromatic heterocycles. The molecule has 0 aromatic carbocycles. The minimum Gasteiger partial charge on any atom is -0.377 e. The molecule has 11 heavy (non-hydrogen) atoms. The standard InChI is InChI=1S/C8H10N2O/c1-2-4-9-8(3-1)10-7-5-11-6-7/h1-4,7H,5-6H2,(H,9,10). The van der Waals surface area contributed by atoms with Gasteiger partial charge in [-0.25, -0.2) is 4.98 Å². The van der Waals surface area contributed by atoms with E-state index in [2.05, 4.69) is 10.3 Å². The molecular formula is C8H10N2O. The number of hydrogen-bond acceptors (Lipinski definition) is 3. The van der Waals surface area contributed by atoms with Gasteiger partial charge in [0.1, 0.15) is 5.82 Å². The summed E-state index contributed by atoms with van der Waals surface area (Å²) in [4.78, 5) is 4.13. The molecule has 0 spiro atoms. The Morgan fingerprint density at radius 1 is 1.45 bits per heavy atom. The lowest BCUT2D eigenvalue weighted by molar-refractivity contribution is 0.0209. The third-order valence-corrected chi connectivity index (χ3v) is 1.65. The molecule has 2 rings (SSSR count). The smallest absolute Gasteiger partial charge is 0.126 e. The van der Waals surface area contributed by atoms with Gasteiger partial charge in [0.25, 0.3) is 0 Å². The van der Waals surface area contributed by atoms with Crippen LogP contribution in [-0.4, -0.2) is 24.2 Å². The van der Waals surface area contributed by atoms with Crippen LogP contribution in [0.3, 0.4) is 0 Å². The van der Waals surface area contributed by atoms with Gasteiger partial charge in [0, 0.05) is 6.20 Å². The fourth-order valence-corrected chi connectivity index (χ4v) is 0.976. The SMILES string of the molecule is c1ccc(NC2COC2)nc1. The molecule has 1 N–H and O–H groups in total. The maximum Gasteiger partial charge on any atom is 0.126 e. The van der Waals surface area contributed by atoms with E-state index >= 15 is 0 Å². The van der Waals surface area contributed by atoms with E-state index in [1.165, 1.54) is 0 Å². The lowest BCUT2D eigenvalue weighted by atomic mass is 10.2. The Bertz CT molecular complexity index is 221. The molecule has 0 aliphatic carbocycles. The third kappa shape index (κ3) is 1.49. The molecule has 0 amide bonds. The lowest BCUT2D eigenvalue weighted by Crippen LogP contribution is -2.40. The number of nitrogens with one attached hydrogen (secondary N) is 1. The molecule has 1 aromatic rings. The molecule has 58 valence electrons. The summed E-state index contributed by atoms with van der Waals surface area (Å²) in [5, 5.41) is 3.24. The summed E-state index contributed by atoms with van der Waals surface area (Å²) in [5.74, 6) is 0.931. The van der Waals surface area contributed by atoms with Crippen molar-refractivity contribution in [3.05, 3.63) is 24.4 Å². The van der Waals surface area contributed by atoms with Crippen molar-refractivity contribution in [3.8, 4) is 0 Å². The van der Waals surface area contributed by atoms with Crippen molar-refractivity contribution in [2.24, 2.45) is 0 Å². The van der Waals surface area contributed by atoms with E-state index in [-0.39, 0.29) is 0 Å². The maximum atomic E-state index is 5.02. The first-order valence-corrected chi connectivity index (χ1v) is 3.70. The van der Waals surface area contributed by atoms with Crippen molar-refractivity contribution in [2.75, 3.05) is 18.5 Å². The third-order valence-electron chi connectivity index (χ3n) is 1.65. The Morgan fingerprint density at radius 3 is 2.91 bits per heavy atom. The maximum absolute atomic E-state index is 5.02. The Morgan fingerprint density at radius 2 is 2.36 bits per heavy atom. The topological polar surface area (TPSA) is 34.1 Å². The number of aromatic nitrogens is 1. The van der Waals surface area contributed by atoms with Crippen LogP contribution in [-0.2, 0) is 4.74 Å². The highest BCUT2D eigenvalue weighted by Crippen LogP contribution is 2.08. The Balaban J connectivity index is 1.95. The Labute approximate surface area is 65.4 Å². The molecule has 1 saturated heterocycles. The molecule has 1 aliphatic rings. The monoisotopic (exact) mass is 150 g/mol. The molecule has 1 fully saturated rings. The van der Waals surface area contributed by atoms with E-state index in [1.807, 2.05) is 18.2 Å². The second-order valence-corrected chi connectivity index (χ2v) is 2.59. The van der Waals surface area contributed by atoms with E-state index in [0.29, 0.717) is 6.04 Å². The van der Waals surface area contributed by atoms with Crippen molar-refractivity contribution in [3.63, 3.8) is 0 Å². The molecule has 0 bridgehead atoms. The van der Waals surface area contributed by atoms with Gasteiger partial charge in [-0.2, -0.15) is 0 Å². The van der Waals surface area contributed by atoms with Gasteiger partial charge in [0.15, 0.2) is 0 Å². The number of pyridine rings is 1. The lowest BCUT2D eigenvalue weighted by Gasteiger charge is -2.27. The van der Waals surface area contributed by atoms with Crippen LogP contribution in [0, 0.1) is 0 Å². The van der Waals surface area contributed by atoms with E-state index in [0.717, 1.165) is 19.0 Å². The van der Waals surface area contributed by atoms with Crippen LogP contribution in [0.5, 0.6) is 0 Å². The van der Waals surface area contributed by atoms with E-state index in [1.54, 1.807) is 6.20 Å². The molecule has 0 saturated carbocycles. The average molecular weight is 150 g/mol. The number of rotatable bonds is 2. The summed E-state index contributed by atoms with van der Waals surface area (Å²) in [6.45, 7) is 1.60. The van der Waals surface area contributed by atoms with Crippen LogP contribution in [0.1, 0.15) is 0 Å². The largest absolute Gasteiger partial charge is 0.377 e. The van der Waals surface area contributed by atoms with Crippen LogP contribution in [0.2, 0.25) is 0 Å². The normalized spacial score (nSPS) is 17.5. The molecule has 1 aliphatic heterocycles. The first-order chi connectivity index (χ1) is 5.45. The van der Waals surface area contributed by atoms with Gasteiger partial charge < -0.3 is 10.1 Å². The molecule has 0 unspecified atom stereocenters. The molecule has 0 radical (unpaired) electrons. The van der Waals surface area contributed by atoms with Gasteiger partial charge >= 0.3 is 0 Å². The zero-order chi connectivity index (χ0) is 7.52. The van der Waals surface area contributed by atoms with E-state index in [9.17, 15) is 0 Å². The number of hydrogen-bond donors (Lipinski definition) is 1. The molecular weight excluding hydrogens is 140 g/mol. The average Bonchev–Trinajstić information content (AvgIpc) is 1.99. The predicted molar refractivity (Wildman–Crippen MR) is 42.5 cm³/mol. The van der Waals surface area contributed by atoms with Crippen molar-refractivity contribution in [1.29, 1.82) is 0 Å². The quantitative estimate of drug-likeness (QED) is 0.680. The molecule has 0 atom stereocenters. The van der Waals surface area contributed by atoms with Crippen LogP contribution < -0.4 is 5.32 Å². The first kappa shape index (κ1) is 6.61. The van der Waals surface area contributed by atoms with Gasteiger partial charge in [-0.1, -0.05) is 6.07 Å². The van der Waals surface area contributed by atoms with Gasteiger partial charge in [0.2, 0.25) is 0 Å². The van der Waals surface area contributed by atoms with Crippen LogP contribution >= 0.6 is 0 Å². The Hall–Kier alpha value is -1.09. The minimum absolute atomic E-state index is 0.463. The fraction of sp³-hybridized carbons (Fsp3) is 0.375. The number of anilines is 1. The van der Waals surface area contributed by atoms with Gasteiger partial charge in [-0.3, -0.25) is 0 Å². The van der Waals surface area contributed by atoms with E-state index in [4.69, 9.17) is 4.74 Å². The molecule has 2 heterocycles. The van der Waals surface area contributed by atoms with Gasteiger partial charge in [-0.15, -0.1) is 0 Å². The highest BCUT2D eigenvalue weighted by Gasteiger charge is 2.17. The summed E-state index contributed by atoms with van der Waals surface area (Å²) < 4.78 is 5.02. The number of nitrogens with zero attached hydrogens (tertiary/aromatic N) is 1. The summed E-state index contributed by atoms with van der Waals surface area (Å²) in [5.41, 5.74) is 0. The van der Waals surface area contributed by atoms with E-state index < -0.39 is 0 Å². The van der Waals surface area contributed by atoms with Crippen molar-refractivity contribution < 1.29 is 4.74 Å². The second kappa shape index (κ2) is 2.88. The zero-order valence-corrected chi connectivity index (χ0v) is 6.16. The van der Waals surface area contributed by atoms with Gasteiger partial charge in [0.05, 0.1) is 19.3 Å². The highest BCUT2D eigenvalue weighted by atomic mass is 16.5. The van der Waals surface area contributed by atoms with Crippen LogP contribution in [0.4, 0.5) is 5.82 Å². The molecule has 3 heteroatoms. The summed E-state index contributed by atoms with van der Waals surface area (Å²) in [7, 11) is 0.